The van der Waals surface area contributed by atoms with Crippen LogP contribution in [0, 0.1) is 12.8 Å². The molecule has 1 aromatic carbocycles. The predicted molar refractivity (Wildman–Crippen MR) is 106 cm³/mol. The number of esters is 1. The Morgan fingerprint density at radius 3 is 2.82 bits per heavy atom. The summed E-state index contributed by atoms with van der Waals surface area (Å²) in [5.74, 6) is -0.873. The molecule has 1 fully saturated rings. The van der Waals surface area contributed by atoms with E-state index in [1.807, 2.05) is 49.8 Å². The van der Waals surface area contributed by atoms with E-state index in [-0.39, 0.29) is 24.9 Å². The van der Waals surface area contributed by atoms with Crippen LogP contribution in [0.2, 0.25) is 0 Å². The van der Waals surface area contributed by atoms with Crippen LogP contribution < -0.4 is 4.90 Å². The Morgan fingerprint density at radius 2 is 2.11 bits per heavy atom. The number of carbonyl (C=O) groups excluding carboxylic acids is 2. The van der Waals surface area contributed by atoms with Gasteiger partial charge in [-0.1, -0.05) is 17.7 Å². The summed E-state index contributed by atoms with van der Waals surface area (Å²) >= 11 is 1.48. The molecule has 0 saturated carbocycles. The van der Waals surface area contributed by atoms with Gasteiger partial charge in [-0.15, -0.1) is 11.3 Å². The van der Waals surface area contributed by atoms with Gasteiger partial charge in [-0.2, -0.15) is 5.10 Å². The third kappa shape index (κ3) is 3.82. The molecule has 8 heteroatoms. The summed E-state index contributed by atoms with van der Waals surface area (Å²) in [4.78, 5) is 30.9. The molecule has 1 aliphatic rings. The van der Waals surface area contributed by atoms with Crippen molar-refractivity contribution in [1.82, 2.24) is 14.8 Å². The SMILES string of the molecule is Cc1ccc(N2CC(C(=O)OCc3csc(-c4cnn(C)c4)n3)CC2=O)cc1. The summed E-state index contributed by atoms with van der Waals surface area (Å²) in [6, 6.07) is 7.71. The van der Waals surface area contributed by atoms with Gasteiger partial charge in [0.1, 0.15) is 11.6 Å². The number of hydrogen-bond donors (Lipinski definition) is 0. The van der Waals surface area contributed by atoms with Crippen LogP contribution in [-0.4, -0.2) is 33.2 Å². The van der Waals surface area contributed by atoms with Crippen molar-refractivity contribution in [3.05, 3.63) is 53.3 Å². The molecule has 2 aromatic heterocycles. The maximum atomic E-state index is 12.4. The summed E-state index contributed by atoms with van der Waals surface area (Å²) < 4.78 is 7.14. The number of amides is 1. The standard InChI is InChI=1S/C20H20N4O3S/c1-13-3-5-17(6-4-13)24-10-14(7-18(24)25)20(26)27-11-16-12-28-19(22-16)15-8-21-23(2)9-15/h3-6,8-9,12,14H,7,10-11H2,1-2H3. The fourth-order valence-electron chi connectivity index (χ4n) is 3.14. The Kier molecular flexibility index (Phi) is 4.95. The molecule has 1 saturated heterocycles. The Morgan fingerprint density at radius 1 is 1.32 bits per heavy atom. The smallest absolute Gasteiger partial charge is 0.311 e. The van der Waals surface area contributed by atoms with Crippen LogP contribution >= 0.6 is 11.3 Å². The van der Waals surface area contributed by atoms with Crippen LogP contribution in [0.25, 0.3) is 10.6 Å². The molecule has 0 radical (unpaired) electrons. The van der Waals surface area contributed by atoms with Gasteiger partial charge >= 0.3 is 5.97 Å². The van der Waals surface area contributed by atoms with Gasteiger partial charge in [-0.05, 0) is 19.1 Å². The minimum atomic E-state index is -0.453. The summed E-state index contributed by atoms with van der Waals surface area (Å²) in [5.41, 5.74) is 3.56. The molecule has 0 spiro atoms. The van der Waals surface area contributed by atoms with Crippen LogP contribution in [0.1, 0.15) is 17.7 Å². The molecule has 0 aliphatic carbocycles. The molecule has 0 bridgehead atoms. The van der Waals surface area contributed by atoms with Crippen molar-refractivity contribution >= 4 is 28.9 Å². The molecule has 1 atom stereocenters. The van der Waals surface area contributed by atoms with Crippen LogP contribution in [0.15, 0.2) is 42.0 Å². The van der Waals surface area contributed by atoms with E-state index < -0.39 is 5.92 Å². The zero-order valence-electron chi connectivity index (χ0n) is 15.7. The molecule has 1 amide bonds. The number of nitrogens with zero attached hydrogens (tertiary/aromatic N) is 4. The molecule has 4 rings (SSSR count). The van der Waals surface area contributed by atoms with E-state index in [0.717, 1.165) is 21.8 Å². The third-order valence-corrected chi connectivity index (χ3v) is 5.61. The van der Waals surface area contributed by atoms with Crippen LogP contribution in [0.5, 0.6) is 0 Å². The number of carbonyl (C=O) groups is 2. The number of benzene rings is 1. The summed E-state index contributed by atoms with van der Waals surface area (Å²) in [7, 11) is 1.85. The topological polar surface area (TPSA) is 77.3 Å². The average Bonchev–Trinajstić information content (AvgIpc) is 3.40. The lowest BCUT2D eigenvalue weighted by molar-refractivity contribution is -0.149. The van der Waals surface area contributed by atoms with Crippen molar-refractivity contribution in [1.29, 1.82) is 0 Å². The zero-order chi connectivity index (χ0) is 19.7. The van der Waals surface area contributed by atoms with Crippen molar-refractivity contribution in [3.8, 4) is 10.6 Å². The van der Waals surface area contributed by atoms with Gasteiger partial charge in [-0.25, -0.2) is 4.98 Å². The van der Waals surface area contributed by atoms with Gasteiger partial charge < -0.3 is 9.64 Å². The van der Waals surface area contributed by atoms with E-state index in [1.165, 1.54) is 11.3 Å². The van der Waals surface area contributed by atoms with Gasteiger partial charge in [0, 0.05) is 42.8 Å². The van der Waals surface area contributed by atoms with E-state index in [2.05, 4.69) is 10.1 Å². The third-order valence-electron chi connectivity index (χ3n) is 4.67. The number of ether oxygens (including phenoxy) is 1. The molecular weight excluding hydrogens is 376 g/mol. The number of thiazole rings is 1. The van der Waals surface area contributed by atoms with E-state index >= 15 is 0 Å². The van der Waals surface area contributed by atoms with E-state index in [0.29, 0.717) is 12.2 Å². The lowest BCUT2D eigenvalue weighted by atomic mass is 10.1. The number of anilines is 1. The first-order valence-corrected chi connectivity index (χ1v) is 9.84. The average molecular weight is 396 g/mol. The zero-order valence-corrected chi connectivity index (χ0v) is 16.5. The minimum Gasteiger partial charge on any atom is -0.459 e. The molecule has 7 nitrogen and oxygen atoms in total. The highest BCUT2D eigenvalue weighted by Crippen LogP contribution is 2.27. The second kappa shape index (κ2) is 7.55. The molecule has 0 N–H and O–H groups in total. The van der Waals surface area contributed by atoms with E-state index in [1.54, 1.807) is 15.8 Å². The van der Waals surface area contributed by atoms with Crippen molar-refractivity contribution in [2.45, 2.75) is 20.0 Å². The van der Waals surface area contributed by atoms with Gasteiger partial charge in [0.2, 0.25) is 5.91 Å². The lowest BCUT2D eigenvalue weighted by Crippen LogP contribution is -2.26. The minimum absolute atomic E-state index is 0.0571. The van der Waals surface area contributed by atoms with Gasteiger partial charge in [-0.3, -0.25) is 14.3 Å². The van der Waals surface area contributed by atoms with Gasteiger partial charge in [0.25, 0.3) is 0 Å². The second-order valence-electron chi connectivity index (χ2n) is 6.90. The van der Waals surface area contributed by atoms with Crippen molar-refractivity contribution in [3.63, 3.8) is 0 Å². The molecule has 28 heavy (non-hydrogen) atoms. The fourth-order valence-corrected chi connectivity index (χ4v) is 3.92. The largest absolute Gasteiger partial charge is 0.459 e. The highest BCUT2D eigenvalue weighted by Gasteiger charge is 2.36. The Balaban J connectivity index is 1.35. The molecule has 144 valence electrons. The molecule has 3 heterocycles. The summed E-state index contributed by atoms with van der Waals surface area (Å²) in [6.45, 7) is 2.44. The summed E-state index contributed by atoms with van der Waals surface area (Å²) in [6.07, 6.45) is 3.81. The molecule has 3 aromatic rings. The Hall–Kier alpha value is -3.00. The number of hydrogen-bond acceptors (Lipinski definition) is 6. The maximum absolute atomic E-state index is 12.4. The number of aryl methyl sites for hydroxylation is 2. The van der Waals surface area contributed by atoms with Gasteiger partial charge in [0.15, 0.2) is 0 Å². The predicted octanol–water partition coefficient (Wildman–Crippen LogP) is 2.95. The van der Waals surface area contributed by atoms with Crippen molar-refractivity contribution < 1.29 is 14.3 Å². The Bertz CT molecular complexity index is 1010. The van der Waals surface area contributed by atoms with Crippen molar-refractivity contribution in [2.24, 2.45) is 13.0 Å². The first-order chi connectivity index (χ1) is 13.5. The maximum Gasteiger partial charge on any atom is 0.311 e. The second-order valence-corrected chi connectivity index (χ2v) is 7.75. The highest BCUT2D eigenvalue weighted by atomic mass is 32.1. The van der Waals surface area contributed by atoms with E-state index in [9.17, 15) is 9.59 Å². The summed E-state index contributed by atoms with van der Waals surface area (Å²) in [5, 5.41) is 6.84. The molecular formula is C20H20N4O3S. The first kappa shape index (κ1) is 18.4. The lowest BCUT2D eigenvalue weighted by Gasteiger charge is -2.16. The van der Waals surface area contributed by atoms with Crippen LogP contribution in [0.4, 0.5) is 5.69 Å². The van der Waals surface area contributed by atoms with Crippen LogP contribution in [0.3, 0.4) is 0 Å². The van der Waals surface area contributed by atoms with E-state index in [4.69, 9.17) is 4.74 Å². The van der Waals surface area contributed by atoms with Crippen molar-refractivity contribution in [2.75, 3.05) is 11.4 Å². The Labute approximate surface area is 166 Å². The van der Waals surface area contributed by atoms with Crippen LogP contribution in [-0.2, 0) is 28.0 Å². The molecule has 1 unspecified atom stereocenters. The quantitative estimate of drug-likeness (QED) is 0.620. The number of aromatic nitrogens is 3. The highest BCUT2D eigenvalue weighted by molar-refractivity contribution is 7.13. The molecule has 1 aliphatic heterocycles. The normalized spacial score (nSPS) is 16.6. The number of rotatable bonds is 5. The first-order valence-electron chi connectivity index (χ1n) is 8.96. The van der Waals surface area contributed by atoms with Gasteiger partial charge in [0.05, 0.1) is 17.8 Å². The monoisotopic (exact) mass is 396 g/mol. The fraction of sp³-hybridized carbons (Fsp3) is 0.300.